The number of amides is 1. The van der Waals surface area contributed by atoms with E-state index >= 15 is 0 Å². The van der Waals surface area contributed by atoms with Crippen LogP contribution < -0.4 is 26.0 Å². The van der Waals surface area contributed by atoms with Crippen molar-refractivity contribution < 1.29 is 22.7 Å². The van der Waals surface area contributed by atoms with Crippen LogP contribution in [0.4, 0.5) is 24.5 Å². The molecule has 1 aromatic heterocycles. The molecule has 0 bridgehead atoms. The maximum Gasteiger partial charge on any atom is 0.416 e. The molecule has 0 fully saturated rings. The first kappa shape index (κ1) is 26.0. The van der Waals surface area contributed by atoms with Gasteiger partial charge in [-0.3, -0.25) is 14.8 Å². The van der Waals surface area contributed by atoms with Crippen LogP contribution in [-0.4, -0.2) is 43.0 Å². The van der Waals surface area contributed by atoms with Gasteiger partial charge >= 0.3 is 6.18 Å². The summed E-state index contributed by atoms with van der Waals surface area (Å²) in [4.78, 5) is 19.1. The Morgan fingerprint density at radius 2 is 1.97 bits per heavy atom. The number of aromatic nitrogens is 1. The molecule has 1 aliphatic heterocycles. The molecule has 2 aromatic carbocycles. The average molecular weight is 513 g/mol. The molecule has 0 saturated carbocycles. The molecular weight excluding hydrogens is 485 g/mol. The lowest BCUT2D eigenvalue weighted by Crippen LogP contribution is -2.36. The van der Waals surface area contributed by atoms with Gasteiger partial charge in [-0.15, -0.1) is 5.53 Å². The van der Waals surface area contributed by atoms with Crippen LogP contribution in [0, 0.1) is 6.92 Å². The number of alkyl halides is 3. The number of halogens is 3. The molecule has 2 heterocycles. The topological polar surface area (TPSA) is 81.8 Å². The summed E-state index contributed by atoms with van der Waals surface area (Å²) in [5.41, 5.74) is 8.63. The fourth-order valence-electron chi connectivity index (χ4n) is 3.59. The van der Waals surface area contributed by atoms with E-state index in [-0.39, 0.29) is 23.6 Å². The van der Waals surface area contributed by atoms with Crippen LogP contribution in [-0.2, 0) is 6.18 Å². The lowest BCUT2D eigenvalue weighted by Gasteiger charge is -2.19. The predicted molar refractivity (Wildman–Crippen MR) is 136 cm³/mol. The van der Waals surface area contributed by atoms with Gasteiger partial charge in [-0.2, -0.15) is 13.2 Å². The quantitative estimate of drug-likeness (QED) is 0.412. The van der Waals surface area contributed by atoms with E-state index in [4.69, 9.17) is 4.74 Å². The van der Waals surface area contributed by atoms with Crippen LogP contribution in [0.2, 0.25) is 0 Å². The lowest BCUT2D eigenvalue weighted by atomic mass is 10.1. The number of carbonyl (C=O) groups excluding carboxylic acids is 1. The van der Waals surface area contributed by atoms with E-state index in [9.17, 15) is 18.0 Å². The number of carbonyl (C=O) groups is 1. The summed E-state index contributed by atoms with van der Waals surface area (Å²) in [7, 11) is 3.71. The number of nitrogens with zero attached hydrogens (tertiary/aromatic N) is 3. The van der Waals surface area contributed by atoms with Crippen molar-refractivity contribution in [2.24, 2.45) is 0 Å². The standard InChI is InChI=1S/C26H27F3N6O2/c1-17-6-7-18(13-23(17)35-16-22(32-33-35)19-5-4-10-30-15-19)25(36)31-21-14-20(26(27,28)29)8-9-24(21)37-12-11-34(2)3/h4-10,13-16,32-33H,11-12H2,1-3H3,(H,31,36). The number of hydrogen-bond acceptors (Lipinski definition) is 7. The molecule has 0 radical (unpaired) electrons. The van der Waals surface area contributed by atoms with Gasteiger partial charge in [-0.25, -0.2) is 0 Å². The number of hydrazine groups is 2. The number of nitrogens with one attached hydrogen (secondary N) is 3. The predicted octanol–water partition coefficient (Wildman–Crippen LogP) is 4.43. The Labute approximate surface area is 212 Å². The largest absolute Gasteiger partial charge is 0.490 e. The van der Waals surface area contributed by atoms with Crippen LogP contribution in [0.5, 0.6) is 5.75 Å². The molecule has 194 valence electrons. The van der Waals surface area contributed by atoms with Gasteiger partial charge in [0.1, 0.15) is 12.4 Å². The van der Waals surface area contributed by atoms with Gasteiger partial charge in [0.2, 0.25) is 0 Å². The SMILES string of the molecule is Cc1ccc(C(=O)Nc2cc(C(F)(F)F)ccc2OCCN(C)C)cc1N1C=C(c2cccnc2)NN1. The van der Waals surface area contributed by atoms with E-state index in [0.717, 1.165) is 29.0 Å². The zero-order chi connectivity index (χ0) is 26.6. The third kappa shape index (κ3) is 6.38. The number of aryl methyl sites for hydroxylation is 1. The molecule has 4 rings (SSSR count). The van der Waals surface area contributed by atoms with Gasteiger partial charge in [0.25, 0.3) is 5.91 Å². The van der Waals surface area contributed by atoms with Gasteiger partial charge in [0.05, 0.1) is 22.6 Å². The Balaban J connectivity index is 1.58. The van der Waals surface area contributed by atoms with E-state index in [1.807, 2.05) is 44.3 Å². The van der Waals surface area contributed by atoms with E-state index in [1.54, 1.807) is 35.6 Å². The summed E-state index contributed by atoms with van der Waals surface area (Å²) in [5, 5.41) is 4.31. The van der Waals surface area contributed by atoms with Crippen molar-refractivity contribution >= 4 is 23.0 Å². The molecule has 0 aliphatic carbocycles. The molecule has 8 nitrogen and oxygen atoms in total. The number of ether oxygens (including phenoxy) is 1. The molecule has 1 aliphatic rings. The van der Waals surface area contributed by atoms with Crippen LogP contribution in [0.25, 0.3) is 5.70 Å². The molecular formula is C26H27F3N6O2. The van der Waals surface area contributed by atoms with Gasteiger partial charge in [0.15, 0.2) is 0 Å². The molecule has 37 heavy (non-hydrogen) atoms. The first-order chi connectivity index (χ1) is 17.6. The zero-order valence-electron chi connectivity index (χ0n) is 20.6. The zero-order valence-corrected chi connectivity index (χ0v) is 20.6. The molecule has 0 saturated heterocycles. The number of pyridine rings is 1. The number of rotatable bonds is 8. The van der Waals surface area contributed by atoms with Gasteiger partial charge in [-0.1, -0.05) is 6.07 Å². The fourth-order valence-corrected chi connectivity index (χ4v) is 3.59. The van der Waals surface area contributed by atoms with Crippen molar-refractivity contribution in [3.63, 3.8) is 0 Å². The highest BCUT2D eigenvalue weighted by molar-refractivity contribution is 6.05. The summed E-state index contributed by atoms with van der Waals surface area (Å²) in [5.74, 6) is -0.411. The van der Waals surface area contributed by atoms with Crippen LogP contribution in [0.3, 0.4) is 0 Å². The monoisotopic (exact) mass is 512 g/mol. The third-order valence-electron chi connectivity index (χ3n) is 5.62. The van der Waals surface area contributed by atoms with Crippen LogP contribution in [0.15, 0.2) is 67.1 Å². The Morgan fingerprint density at radius 1 is 1.16 bits per heavy atom. The highest BCUT2D eigenvalue weighted by Crippen LogP contribution is 2.35. The van der Waals surface area contributed by atoms with Crippen LogP contribution >= 0.6 is 0 Å². The number of likely N-dealkylation sites (N-methyl/N-ethyl adjacent to an activating group) is 1. The van der Waals surface area contributed by atoms with E-state index < -0.39 is 17.6 Å². The number of benzene rings is 2. The fraction of sp³-hybridized carbons (Fsp3) is 0.231. The highest BCUT2D eigenvalue weighted by atomic mass is 19.4. The number of anilines is 2. The minimum Gasteiger partial charge on any atom is -0.490 e. The van der Waals surface area contributed by atoms with Crippen molar-refractivity contribution in [2.75, 3.05) is 37.6 Å². The van der Waals surface area contributed by atoms with Crippen molar-refractivity contribution in [1.82, 2.24) is 20.8 Å². The maximum atomic E-state index is 13.4. The average Bonchev–Trinajstić information content (AvgIpc) is 3.35. The Hall–Kier alpha value is -4.09. The van der Waals surface area contributed by atoms with Gasteiger partial charge in [-0.05, 0) is 69.0 Å². The molecule has 0 unspecified atom stereocenters. The van der Waals surface area contributed by atoms with Crippen molar-refractivity contribution in [3.05, 3.63) is 89.4 Å². The normalized spacial score (nSPS) is 13.4. The lowest BCUT2D eigenvalue weighted by molar-refractivity contribution is -0.137. The summed E-state index contributed by atoms with van der Waals surface area (Å²) in [6, 6.07) is 11.8. The van der Waals surface area contributed by atoms with Crippen LogP contribution in [0.1, 0.15) is 27.0 Å². The second kappa shape index (κ2) is 10.9. The minimum atomic E-state index is -4.56. The first-order valence-electron chi connectivity index (χ1n) is 11.5. The van der Waals surface area contributed by atoms with Gasteiger partial charge < -0.3 is 20.4 Å². The molecule has 3 N–H and O–H groups in total. The van der Waals surface area contributed by atoms with E-state index in [1.165, 1.54) is 6.07 Å². The summed E-state index contributed by atoms with van der Waals surface area (Å²) in [6.07, 6.45) is 0.656. The van der Waals surface area contributed by atoms with E-state index in [0.29, 0.717) is 12.2 Å². The molecule has 0 spiro atoms. The molecule has 1 amide bonds. The number of hydrogen-bond donors (Lipinski definition) is 3. The molecule has 11 heteroatoms. The Morgan fingerprint density at radius 3 is 2.68 bits per heavy atom. The van der Waals surface area contributed by atoms with Crippen molar-refractivity contribution in [1.29, 1.82) is 0 Å². The second-order valence-electron chi connectivity index (χ2n) is 8.71. The third-order valence-corrected chi connectivity index (χ3v) is 5.62. The second-order valence-corrected chi connectivity index (χ2v) is 8.71. The summed E-state index contributed by atoms with van der Waals surface area (Å²) >= 11 is 0. The molecule has 3 aromatic rings. The summed E-state index contributed by atoms with van der Waals surface area (Å²) < 4.78 is 45.7. The maximum absolute atomic E-state index is 13.4. The highest BCUT2D eigenvalue weighted by Gasteiger charge is 2.31. The summed E-state index contributed by atoms with van der Waals surface area (Å²) in [6.45, 7) is 2.69. The van der Waals surface area contributed by atoms with E-state index in [2.05, 4.69) is 21.3 Å². The smallest absolute Gasteiger partial charge is 0.416 e. The Kier molecular flexibility index (Phi) is 7.65. The first-order valence-corrected chi connectivity index (χ1v) is 11.5. The van der Waals surface area contributed by atoms with Crippen molar-refractivity contribution in [3.8, 4) is 5.75 Å². The Bertz CT molecular complexity index is 1300. The van der Waals surface area contributed by atoms with Gasteiger partial charge in [0, 0.05) is 36.3 Å². The van der Waals surface area contributed by atoms with Crippen molar-refractivity contribution in [2.45, 2.75) is 13.1 Å². The minimum absolute atomic E-state index is 0.0552. The molecule has 0 atom stereocenters.